The van der Waals surface area contributed by atoms with Crippen LogP contribution in [0.25, 0.3) is 0 Å². The topological polar surface area (TPSA) is 38.5 Å². The maximum Gasteiger partial charge on any atom is 0.146 e. The van der Waals surface area contributed by atoms with Gasteiger partial charge in [-0.05, 0) is 37.9 Å². The van der Waals surface area contributed by atoms with E-state index in [9.17, 15) is 4.39 Å². The van der Waals surface area contributed by atoms with Gasteiger partial charge in [0.25, 0.3) is 0 Å². The standard InChI is InChI=1S/C15H22ClFN2O/c1-20-10-11-5-7-19(8-6-11)14(9-18)12-3-2-4-13(16)15(12)17/h2-4,11,14H,5-10,18H2,1H3. The Balaban J connectivity index is 2.08. The molecule has 0 radical (unpaired) electrons. The summed E-state index contributed by atoms with van der Waals surface area (Å²) < 4.78 is 19.4. The molecule has 2 rings (SSSR count). The lowest BCUT2D eigenvalue weighted by atomic mass is 9.94. The van der Waals surface area contributed by atoms with E-state index < -0.39 is 0 Å². The zero-order chi connectivity index (χ0) is 14.5. The molecule has 0 aliphatic carbocycles. The SMILES string of the molecule is COCC1CCN(C(CN)c2cccc(Cl)c2F)CC1. The van der Waals surface area contributed by atoms with Crippen molar-refractivity contribution in [3.05, 3.63) is 34.6 Å². The zero-order valence-corrected chi connectivity index (χ0v) is 12.6. The normalized spacial score (nSPS) is 19.2. The molecular weight excluding hydrogens is 279 g/mol. The number of benzene rings is 1. The van der Waals surface area contributed by atoms with Crippen molar-refractivity contribution >= 4 is 11.6 Å². The van der Waals surface area contributed by atoms with Gasteiger partial charge in [0.1, 0.15) is 5.82 Å². The number of ether oxygens (including phenoxy) is 1. The summed E-state index contributed by atoms with van der Waals surface area (Å²) in [4.78, 5) is 2.25. The van der Waals surface area contributed by atoms with E-state index in [1.54, 1.807) is 25.3 Å². The third kappa shape index (κ3) is 3.50. The molecule has 0 aromatic heterocycles. The number of hydrogen-bond donors (Lipinski definition) is 1. The Kier molecular flexibility index (Phi) is 5.78. The molecule has 0 spiro atoms. The highest BCUT2D eigenvalue weighted by molar-refractivity contribution is 6.30. The molecule has 1 aliphatic rings. The van der Waals surface area contributed by atoms with E-state index in [1.807, 2.05) is 0 Å². The van der Waals surface area contributed by atoms with E-state index in [2.05, 4.69) is 4.90 Å². The summed E-state index contributed by atoms with van der Waals surface area (Å²) in [5.41, 5.74) is 6.47. The Morgan fingerprint density at radius 2 is 2.15 bits per heavy atom. The number of nitrogens with zero attached hydrogens (tertiary/aromatic N) is 1. The Labute approximate surface area is 124 Å². The molecule has 1 fully saturated rings. The quantitative estimate of drug-likeness (QED) is 0.909. The van der Waals surface area contributed by atoms with Gasteiger partial charge in [0.2, 0.25) is 0 Å². The number of rotatable bonds is 5. The molecule has 1 aliphatic heterocycles. The van der Waals surface area contributed by atoms with Crippen molar-refractivity contribution in [2.45, 2.75) is 18.9 Å². The van der Waals surface area contributed by atoms with Gasteiger partial charge >= 0.3 is 0 Å². The average Bonchev–Trinajstić information content (AvgIpc) is 2.46. The molecule has 3 nitrogen and oxygen atoms in total. The summed E-state index contributed by atoms with van der Waals surface area (Å²) in [5.74, 6) is 0.252. The zero-order valence-electron chi connectivity index (χ0n) is 11.8. The third-order valence-electron chi connectivity index (χ3n) is 4.06. The Hall–Kier alpha value is -0.680. The number of nitrogens with two attached hydrogens (primary N) is 1. The number of piperidine rings is 1. The third-order valence-corrected chi connectivity index (χ3v) is 4.35. The van der Waals surface area contributed by atoms with Crippen molar-refractivity contribution < 1.29 is 9.13 Å². The summed E-state index contributed by atoms with van der Waals surface area (Å²) in [6.45, 7) is 3.03. The maximum atomic E-state index is 14.2. The molecule has 1 heterocycles. The molecule has 0 saturated carbocycles. The second kappa shape index (κ2) is 7.36. The smallest absolute Gasteiger partial charge is 0.146 e. The van der Waals surface area contributed by atoms with Crippen molar-refractivity contribution in [1.29, 1.82) is 0 Å². The summed E-state index contributed by atoms with van der Waals surface area (Å²) >= 11 is 5.87. The first kappa shape index (κ1) is 15.7. The first-order valence-electron chi connectivity index (χ1n) is 7.04. The van der Waals surface area contributed by atoms with Crippen LogP contribution in [0.15, 0.2) is 18.2 Å². The van der Waals surface area contributed by atoms with Crippen molar-refractivity contribution in [2.24, 2.45) is 11.7 Å². The lowest BCUT2D eigenvalue weighted by Crippen LogP contribution is -2.40. The van der Waals surface area contributed by atoms with Crippen molar-refractivity contribution in [3.63, 3.8) is 0 Å². The maximum absolute atomic E-state index is 14.2. The van der Waals surface area contributed by atoms with E-state index >= 15 is 0 Å². The predicted molar refractivity (Wildman–Crippen MR) is 79.4 cm³/mol. The number of likely N-dealkylation sites (tertiary alicyclic amines) is 1. The average molecular weight is 301 g/mol. The Morgan fingerprint density at radius 1 is 1.45 bits per heavy atom. The Bertz CT molecular complexity index is 436. The second-order valence-corrected chi connectivity index (χ2v) is 5.74. The molecule has 1 saturated heterocycles. The lowest BCUT2D eigenvalue weighted by Gasteiger charge is -2.37. The molecule has 5 heteroatoms. The molecule has 1 unspecified atom stereocenters. The van der Waals surface area contributed by atoms with Crippen LogP contribution in [0.3, 0.4) is 0 Å². The van der Waals surface area contributed by atoms with E-state index in [-0.39, 0.29) is 16.9 Å². The molecule has 2 N–H and O–H groups in total. The summed E-state index contributed by atoms with van der Waals surface area (Å²) in [6.07, 6.45) is 2.12. The minimum Gasteiger partial charge on any atom is -0.384 e. The van der Waals surface area contributed by atoms with Crippen LogP contribution in [0, 0.1) is 11.7 Å². The highest BCUT2D eigenvalue weighted by atomic mass is 35.5. The fraction of sp³-hybridized carbons (Fsp3) is 0.600. The summed E-state index contributed by atoms with van der Waals surface area (Å²) in [5, 5.41) is 0.162. The molecule has 112 valence electrons. The number of methoxy groups -OCH3 is 1. The van der Waals surface area contributed by atoms with Crippen LogP contribution in [0.2, 0.25) is 5.02 Å². The largest absolute Gasteiger partial charge is 0.384 e. The van der Waals surface area contributed by atoms with E-state index in [4.69, 9.17) is 22.1 Å². The minimum absolute atomic E-state index is 0.0998. The first-order chi connectivity index (χ1) is 9.67. The van der Waals surface area contributed by atoms with E-state index in [0.29, 0.717) is 18.0 Å². The lowest BCUT2D eigenvalue weighted by molar-refractivity contribution is 0.0802. The van der Waals surface area contributed by atoms with Gasteiger partial charge in [-0.2, -0.15) is 0 Å². The molecule has 1 aromatic carbocycles. The number of halogens is 2. The van der Waals surface area contributed by atoms with E-state index in [0.717, 1.165) is 32.5 Å². The van der Waals surface area contributed by atoms with Crippen molar-refractivity contribution in [3.8, 4) is 0 Å². The van der Waals surface area contributed by atoms with Gasteiger partial charge in [-0.3, -0.25) is 4.90 Å². The van der Waals surface area contributed by atoms with Crippen LogP contribution >= 0.6 is 11.6 Å². The summed E-state index contributed by atoms with van der Waals surface area (Å²) in [6, 6.07) is 5.03. The van der Waals surface area contributed by atoms with Gasteiger partial charge in [0.15, 0.2) is 0 Å². The Morgan fingerprint density at radius 3 is 2.75 bits per heavy atom. The highest BCUT2D eigenvalue weighted by Crippen LogP contribution is 2.30. The molecule has 20 heavy (non-hydrogen) atoms. The van der Waals surface area contributed by atoms with Crippen molar-refractivity contribution in [2.75, 3.05) is 33.4 Å². The minimum atomic E-state index is -0.344. The van der Waals surface area contributed by atoms with Crippen LogP contribution in [0.1, 0.15) is 24.4 Å². The van der Waals surface area contributed by atoms with Crippen LogP contribution in [0.5, 0.6) is 0 Å². The van der Waals surface area contributed by atoms with Crippen molar-refractivity contribution in [1.82, 2.24) is 4.90 Å². The van der Waals surface area contributed by atoms with Gasteiger partial charge in [-0.1, -0.05) is 23.7 Å². The van der Waals surface area contributed by atoms with Crippen LogP contribution < -0.4 is 5.73 Å². The van der Waals surface area contributed by atoms with Crippen LogP contribution in [-0.4, -0.2) is 38.3 Å². The monoisotopic (exact) mass is 300 g/mol. The fourth-order valence-electron chi connectivity index (χ4n) is 2.92. The van der Waals surface area contributed by atoms with Gasteiger partial charge < -0.3 is 10.5 Å². The molecular formula is C15H22ClFN2O. The summed E-state index contributed by atoms with van der Waals surface area (Å²) in [7, 11) is 1.73. The van der Waals surface area contributed by atoms with Gasteiger partial charge in [-0.15, -0.1) is 0 Å². The van der Waals surface area contributed by atoms with E-state index in [1.165, 1.54) is 0 Å². The molecule has 1 atom stereocenters. The molecule has 0 bridgehead atoms. The van der Waals surface area contributed by atoms with Gasteiger partial charge in [-0.25, -0.2) is 4.39 Å². The van der Waals surface area contributed by atoms with Gasteiger partial charge in [0, 0.05) is 31.9 Å². The fourth-order valence-corrected chi connectivity index (χ4v) is 3.10. The van der Waals surface area contributed by atoms with Crippen LogP contribution in [0.4, 0.5) is 4.39 Å². The number of hydrogen-bond acceptors (Lipinski definition) is 3. The van der Waals surface area contributed by atoms with Gasteiger partial charge in [0.05, 0.1) is 5.02 Å². The molecule has 0 amide bonds. The second-order valence-electron chi connectivity index (χ2n) is 5.33. The predicted octanol–water partition coefficient (Wildman–Crippen LogP) is 2.84. The highest BCUT2D eigenvalue weighted by Gasteiger charge is 2.27. The first-order valence-corrected chi connectivity index (χ1v) is 7.42. The van der Waals surface area contributed by atoms with Crippen LogP contribution in [-0.2, 0) is 4.74 Å². The molecule has 1 aromatic rings.